The van der Waals surface area contributed by atoms with Crippen LogP contribution < -0.4 is 5.32 Å². The molecule has 1 atom stereocenters. The molecule has 0 radical (unpaired) electrons. The highest BCUT2D eigenvalue weighted by molar-refractivity contribution is 5.95. The Balaban J connectivity index is 1.85. The second kappa shape index (κ2) is 10.2. The fourth-order valence-electron chi connectivity index (χ4n) is 3.46. The van der Waals surface area contributed by atoms with Crippen molar-refractivity contribution in [3.8, 4) is 0 Å². The molecule has 0 aromatic heterocycles. The number of nitrogens with zero attached hydrogens (tertiary/aromatic N) is 2. The molecule has 0 saturated carbocycles. The van der Waals surface area contributed by atoms with Crippen molar-refractivity contribution in [2.24, 2.45) is 5.92 Å². The van der Waals surface area contributed by atoms with Crippen molar-refractivity contribution in [3.63, 3.8) is 0 Å². The van der Waals surface area contributed by atoms with Crippen molar-refractivity contribution < 1.29 is 19.1 Å². The van der Waals surface area contributed by atoms with Crippen LogP contribution in [-0.4, -0.2) is 67.4 Å². The molecule has 0 spiro atoms. The number of amides is 2. The van der Waals surface area contributed by atoms with Gasteiger partial charge in [-0.3, -0.25) is 19.3 Å². The van der Waals surface area contributed by atoms with Gasteiger partial charge in [0, 0.05) is 19.3 Å². The Morgan fingerprint density at radius 1 is 1.25 bits per heavy atom. The van der Waals surface area contributed by atoms with Crippen molar-refractivity contribution in [1.82, 2.24) is 9.80 Å². The van der Waals surface area contributed by atoms with Gasteiger partial charge in [-0.1, -0.05) is 18.2 Å². The summed E-state index contributed by atoms with van der Waals surface area (Å²) in [5, 5.41) is 2.90. The molecule has 1 heterocycles. The number of hydrogen-bond donors (Lipinski definition) is 1. The topological polar surface area (TPSA) is 79.0 Å². The van der Waals surface area contributed by atoms with Gasteiger partial charge in [-0.25, -0.2) is 0 Å². The summed E-state index contributed by atoms with van der Waals surface area (Å²) in [4.78, 5) is 40.2. The Morgan fingerprint density at radius 2 is 1.93 bits per heavy atom. The zero-order valence-electron chi connectivity index (χ0n) is 17.3. The predicted molar refractivity (Wildman–Crippen MR) is 108 cm³/mol. The number of esters is 1. The molecular weight excluding hydrogens is 358 g/mol. The van der Waals surface area contributed by atoms with E-state index in [0.29, 0.717) is 13.2 Å². The second-order valence-corrected chi connectivity index (χ2v) is 7.39. The van der Waals surface area contributed by atoms with Crippen LogP contribution in [0.15, 0.2) is 18.2 Å². The van der Waals surface area contributed by atoms with Crippen LogP contribution in [0, 0.1) is 19.8 Å². The van der Waals surface area contributed by atoms with Gasteiger partial charge in [0.15, 0.2) is 0 Å². The van der Waals surface area contributed by atoms with Crippen molar-refractivity contribution in [2.45, 2.75) is 33.6 Å². The van der Waals surface area contributed by atoms with E-state index >= 15 is 0 Å². The third kappa shape index (κ3) is 6.05. The van der Waals surface area contributed by atoms with E-state index in [4.69, 9.17) is 4.74 Å². The number of aryl methyl sites for hydroxylation is 2. The van der Waals surface area contributed by atoms with Crippen molar-refractivity contribution in [2.75, 3.05) is 45.2 Å². The van der Waals surface area contributed by atoms with Gasteiger partial charge in [0.25, 0.3) is 0 Å². The Morgan fingerprint density at radius 3 is 2.57 bits per heavy atom. The van der Waals surface area contributed by atoms with E-state index < -0.39 is 0 Å². The first kappa shape index (κ1) is 21.9. The maximum absolute atomic E-state index is 12.5. The molecule has 28 heavy (non-hydrogen) atoms. The molecule has 1 N–H and O–H groups in total. The number of anilines is 1. The monoisotopic (exact) mass is 389 g/mol. The Hall–Kier alpha value is -2.41. The summed E-state index contributed by atoms with van der Waals surface area (Å²) < 4.78 is 5.10. The molecule has 2 rings (SSSR count). The molecule has 2 amide bonds. The molecule has 0 unspecified atom stereocenters. The Kier molecular flexibility index (Phi) is 7.99. The average Bonchev–Trinajstić information content (AvgIpc) is 2.65. The molecule has 1 fully saturated rings. The molecule has 7 heteroatoms. The molecule has 1 aliphatic heterocycles. The quantitative estimate of drug-likeness (QED) is 0.722. The fourth-order valence-corrected chi connectivity index (χ4v) is 3.46. The second-order valence-electron chi connectivity index (χ2n) is 7.39. The number of nitrogens with one attached hydrogen (secondary N) is 1. The van der Waals surface area contributed by atoms with E-state index in [1.165, 1.54) is 4.90 Å². The van der Waals surface area contributed by atoms with Crippen LogP contribution >= 0.6 is 0 Å². The molecule has 1 aromatic carbocycles. The number of rotatable bonds is 7. The van der Waals surface area contributed by atoms with Crippen LogP contribution in [0.5, 0.6) is 0 Å². The fraction of sp³-hybridized carbons (Fsp3) is 0.571. The highest BCUT2D eigenvalue weighted by Crippen LogP contribution is 2.20. The van der Waals surface area contributed by atoms with Gasteiger partial charge >= 0.3 is 5.97 Å². The van der Waals surface area contributed by atoms with Gasteiger partial charge in [0.05, 0.1) is 25.6 Å². The molecule has 1 saturated heterocycles. The van der Waals surface area contributed by atoms with Crippen LogP contribution in [0.4, 0.5) is 5.69 Å². The maximum atomic E-state index is 12.5. The number of ether oxygens (including phenoxy) is 1. The number of carbonyl (C=O) groups excluding carboxylic acids is 3. The first-order valence-electron chi connectivity index (χ1n) is 9.80. The summed E-state index contributed by atoms with van der Waals surface area (Å²) in [7, 11) is 1.62. The first-order chi connectivity index (χ1) is 13.3. The summed E-state index contributed by atoms with van der Waals surface area (Å²) in [6.07, 6.45) is 1.64. The number of piperidine rings is 1. The van der Waals surface area contributed by atoms with E-state index in [9.17, 15) is 14.4 Å². The molecule has 154 valence electrons. The largest absolute Gasteiger partial charge is 0.466 e. The summed E-state index contributed by atoms with van der Waals surface area (Å²) in [6.45, 7) is 7.51. The van der Waals surface area contributed by atoms with Crippen LogP contribution in [0.1, 0.15) is 30.9 Å². The van der Waals surface area contributed by atoms with Crippen molar-refractivity contribution >= 4 is 23.5 Å². The van der Waals surface area contributed by atoms with E-state index in [-0.39, 0.29) is 36.8 Å². The number of para-hydroxylation sites is 1. The summed E-state index contributed by atoms with van der Waals surface area (Å²) >= 11 is 0. The highest BCUT2D eigenvalue weighted by atomic mass is 16.5. The number of likely N-dealkylation sites (tertiary alicyclic amines) is 1. The molecule has 7 nitrogen and oxygen atoms in total. The van der Waals surface area contributed by atoms with Crippen LogP contribution in [-0.2, 0) is 19.1 Å². The molecule has 1 aromatic rings. The summed E-state index contributed by atoms with van der Waals surface area (Å²) in [5.41, 5.74) is 2.77. The van der Waals surface area contributed by atoms with Crippen molar-refractivity contribution in [3.05, 3.63) is 29.3 Å². The van der Waals surface area contributed by atoms with Gasteiger partial charge in [-0.2, -0.15) is 0 Å². The number of hydrogen-bond acceptors (Lipinski definition) is 5. The minimum atomic E-state index is -0.226. The third-order valence-electron chi connectivity index (χ3n) is 5.04. The Bertz CT molecular complexity index is 699. The third-order valence-corrected chi connectivity index (χ3v) is 5.04. The van der Waals surface area contributed by atoms with Crippen molar-refractivity contribution in [1.29, 1.82) is 0 Å². The smallest absolute Gasteiger partial charge is 0.310 e. The van der Waals surface area contributed by atoms with Crippen LogP contribution in [0.2, 0.25) is 0 Å². The number of benzene rings is 1. The highest BCUT2D eigenvalue weighted by Gasteiger charge is 2.28. The minimum Gasteiger partial charge on any atom is -0.466 e. The van der Waals surface area contributed by atoms with E-state index in [1.807, 2.05) is 36.9 Å². The maximum Gasteiger partial charge on any atom is 0.310 e. The first-order valence-corrected chi connectivity index (χ1v) is 9.80. The standard InChI is InChI=1S/C21H31N3O4/c1-5-28-21(27)17-10-7-11-24(12-17)14-19(26)23(4)13-18(25)22-20-15(2)8-6-9-16(20)3/h6,8-9,17H,5,7,10-14H2,1-4H3,(H,22,25)/t17-/m1/s1. The van der Waals surface area contributed by atoms with Gasteiger partial charge in [0.2, 0.25) is 11.8 Å². The SMILES string of the molecule is CCOC(=O)[C@@H]1CCCN(CC(=O)N(C)CC(=O)Nc2c(C)cccc2C)C1. The van der Waals surface area contributed by atoms with Gasteiger partial charge in [-0.15, -0.1) is 0 Å². The average molecular weight is 389 g/mol. The molecule has 1 aliphatic rings. The lowest BCUT2D eigenvalue weighted by molar-refractivity contribution is -0.150. The summed E-state index contributed by atoms with van der Waals surface area (Å²) in [6, 6.07) is 5.82. The normalized spacial score (nSPS) is 17.1. The lowest BCUT2D eigenvalue weighted by Gasteiger charge is -2.32. The van der Waals surface area contributed by atoms with Gasteiger partial charge < -0.3 is 15.0 Å². The predicted octanol–water partition coefficient (Wildman–Crippen LogP) is 1.98. The molecular formula is C21H31N3O4. The zero-order valence-corrected chi connectivity index (χ0v) is 17.3. The molecule has 0 bridgehead atoms. The molecule has 0 aliphatic carbocycles. The number of likely N-dealkylation sites (N-methyl/N-ethyl adjacent to an activating group) is 1. The van der Waals surface area contributed by atoms with Crippen LogP contribution in [0.25, 0.3) is 0 Å². The van der Waals surface area contributed by atoms with Gasteiger partial charge in [-0.05, 0) is 51.3 Å². The lowest BCUT2D eigenvalue weighted by Crippen LogP contribution is -2.46. The van der Waals surface area contributed by atoms with Crippen LogP contribution in [0.3, 0.4) is 0 Å². The lowest BCUT2D eigenvalue weighted by atomic mass is 9.98. The van der Waals surface area contributed by atoms with Gasteiger partial charge in [0.1, 0.15) is 0 Å². The van der Waals surface area contributed by atoms with E-state index in [1.54, 1.807) is 14.0 Å². The minimum absolute atomic E-state index is 0.0122. The Labute approximate surface area is 167 Å². The zero-order chi connectivity index (χ0) is 20.7. The van der Waals surface area contributed by atoms with E-state index in [0.717, 1.165) is 36.2 Å². The summed E-state index contributed by atoms with van der Waals surface area (Å²) in [5.74, 6) is -0.738. The number of carbonyl (C=O) groups is 3. The van der Waals surface area contributed by atoms with E-state index in [2.05, 4.69) is 5.32 Å².